The highest BCUT2D eigenvalue weighted by molar-refractivity contribution is 5.94. The summed E-state index contributed by atoms with van der Waals surface area (Å²) in [6.07, 6.45) is 5.74. The highest BCUT2D eigenvalue weighted by atomic mass is 19.1. The van der Waals surface area contributed by atoms with Crippen LogP contribution in [0.5, 0.6) is 0 Å². The van der Waals surface area contributed by atoms with E-state index in [1.165, 1.54) is 10.9 Å². The van der Waals surface area contributed by atoms with E-state index in [-0.39, 0.29) is 18.0 Å². The van der Waals surface area contributed by atoms with E-state index < -0.39 is 11.6 Å². The Kier molecular flexibility index (Phi) is 3.58. The van der Waals surface area contributed by atoms with Crippen molar-refractivity contribution < 1.29 is 13.6 Å². The number of fused-ring (bicyclic) bond motifs is 3. The maximum absolute atomic E-state index is 14.4. The molecule has 156 valence electrons. The summed E-state index contributed by atoms with van der Waals surface area (Å²) in [4.78, 5) is 24.3. The van der Waals surface area contributed by atoms with Gasteiger partial charge in [0.2, 0.25) is 5.95 Å². The standard InChI is InChI=1S/C21H22F2N6O/c1-27-18(22)15(9-25-27)16-8-14-17(4-7-24-19(14)26-16)28-10-12-2-3-13(11-28)29(12)20(30)21(23)5-6-21/h4,7-9,12-13H,2-3,5-6,10-11H2,1H3,(H,24,26). The molecule has 9 heteroatoms. The monoisotopic (exact) mass is 412 g/mol. The number of carbonyl (C=O) groups is 1. The van der Waals surface area contributed by atoms with E-state index in [1.54, 1.807) is 13.2 Å². The van der Waals surface area contributed by atoms with Gasteiger partial charge >= 0.3 is 0 Å². The first-order valence-electron chi connectivity index (χ1n) is 10.4. The molecule has 6 rings (SSSR count). The normalized spacial score (nSPS) is 24.6. The van der Waals surface area contributed by atoms with E-state index in [0.717, 1.165) is 23.9 Å². The van der Waals surface area contributed by atoms with Crippen LogP contribution in [-0.4, -0.2) is 61.4 Å². The summed E-state index contributed by atoms with van der Waals surface area (Å²) in [5, 5.41) is 4.88. The number of carbonyl (C=O) groups excluding carboxylic acids is 1. The zero-order valence-electron chi connectivity index (χ0n) is 16.6. The molecule has 0 radical (unpaired) electrons. The molecule has 3 aromatic heterocycles. The molecule has 2 unspecified atom stereocenters. The van der Waals surface area contributed by atoms with Crippen molar-refractivity contribution in [3.8, 4) is 11.3 Å². The molecule has 3 fully saturated rings. The number of piperazine rings is 1. The number of halogens is 2. The topological polar surface area (TPSA) is 70.1 Å². The van der Waals surface area contributed by atoms with Gasteiger partial charge in [0.25, 0.3) is 5.91 Å². The Bertz CT molecular complexity index is 1150. The molecule has 1 N–H and O–H groups in total. The summed E-state index contributed by atoms with van der Waals surface area (Å²) < 4.78 is 30.0. The molecule has 2 aliphatic heterocycles. The average molecular weight is 412 g/mol. The Morgan fingerprint density at radius 3 is 2.63 bits per heavy atom. The number of alkyl halides is 1. The fourth-order valence-corrected chi connectivity index (χ4v) is 5.02. The Balaban J connectivity index is 1.33. The molecule has 2 bridgehead atoms. The van der Waals surface area contributed by atoms with Gasteiger partial charge in [-0.3, -0.25) is 4.79 Å². The predicted octanol–water partition coefficient (Wildman–Crippen LogP) is 2.78. The lowest BCUT2D eigenvalue weighted by Crippen LogP contribution is -2.58. The average Bonchev–Trinajstić information content (AvgIpc) is 3.07. The van der Waals surface area contributed by atoms with Gasteiger partial charge in [0.1, 0.15) is 5.65 Å². The molecule has 2 saturated heterocycles. The van der Waals surface area contributed by atoms with Crippen LogP contribution in [0.4, 0.5) is 14.5 Å². The maximum atomic E-state index is 14.4. The van der Waals surface area contributed by atoms with Crippen molar-refractivity contribution in [3.05, 3.63) is 30.5 Å². The molecule has 2 atom stereocenters. The van der Waals surface area contributed by atoms with Crippen molar-refractivity contribution in [3.63, 3.8) is 0 Å². The van der Waals surface area contributed by atoms with Gasteiger partial charge in [0, 0.05) is 49.5 Å². The third-order valence-corrected chi connectivity index (χ3v) is 6.80. The van der Waals surface area contributed by atoms with Crippen molar-refractivity contribution >= 4 is 22.6 Å². The summed E-state index contributed by atoms with van der Waals surface area (Å²) in [6.45, 7) is 1.33. The molecular weight excluding hydrogens is 390 g/mol. The molecule has 3 aromatic rings. The largest absolute Gasteiger partial charge is 0.367 e. The van der Waals surface area contributed by atoms with E-state index in [4.69, 9.17) is 0 Å². The number of amides is 1. The van der Waals surface area contributed by atoms with Gasteiger partial charge in [-0.15, -0.1) is 0 Å². The van der Waals surface area contributed by atoms with Crippen molar-refractivity contribution in [1.82, 2.24) is 24.6 Å². The maximum Gasteiger partial charge on any atom is 0.260 e. The number of aromatic amines is 1. The van der Waals surface area contributed by atoms with Crippen LogP contribution in [0, 0.1) is 5.95 Å². The zero-order chi connectivity index (χ0) is 20.6. The van der Waals surface area contributed by atoms with Crippen molar-refractivity contribution in [2.75, 3.05) is 18.0 Å². The van der Waals surface area contributed by atoms with Gasteiger partial charge in [0.05, 0.1) is 17.5 Å². The Morgan fingerprint density at radius 2 is 2.00 bits per heavy atom. The van der Waals surface area contributed by atoms with Gasteiger partial charge in [0.15, 0.2) is 5.67 Å². The van der Waals surface area contributed by atoms with Crippen LogP contribution in [0.25, 0.3) is 22.3 Å². The number of rotatable bonds is 3. The van der Waals surface area contributed by atoms with Crippen molar-refractivity contribution in [1.29, 1.82) is 0 Å². The molecule has 1 aliphatic carbocycles. The Labute approximate surface area is 171 Å². The molecule has 1 saturated carbocycles. The minimum absolute atomic E-state index is 0.0295. The van der Waals surface area contributed by atoms with Crippen molar-refractivity contribution in [2.24, 2.45) is 7.05 Å². The van der Waals surface area contributed by atoms with Gasteiger partial charge < -0.3 is 14.8 Å². The first-order chi connectivity index (χ1) is 14.4. The molecule has 3 aliphatic rings. The third-order valence-electron chi connectivity index (χ3n) is 6.80. The molecule has 1 amide bonds. The molecule has 0 spiro atoms. The molecular formula is C21H22F2N6O. The van der Waals surface area contributed by atoms with E-state index in [0.29, 0.717) is 42.8 Å². The number of pyridine rings is 1. The number of nitrogens with zero attached hydrogens (tertiary/aromatic N) is 5. The second kappa shape index (κ2) is 6.02. The second-order valence-corrected chi connectivity index (χ2v) is 8.72. The number of aromatic nitrogens is 4. The van der Waals surface area contributed by atoms with Gasteiger partial charge in [-0.05, 0) is 37.8 Å². The predicted molar refractivity (Wildman–Crippen MR) is 107 cm³/mol. The summed E-state index contributed by atoms with van der Waals surface area (Å²) in [5.41, 5.74) is 1.08. The third kappa shape index (κ3) is 2.50. The highest BCUT2D eigenvalue weighted by Crippen LogP contribution is 2.45. The van der Waals surface area contributed by atoms with E-state index in [1.807, 2.05) is 17.0 Å². The lowest BCUT2D eigenvalue weighted by Gasteiger charge is -2.42. The van der Waals surface area contributed by atoms with Gasteiger partial charge in [-0.25, -0.2) is 14.1 Å². The van der Waals surface area contributed by atoms with Gasteiger partial charge in [-0.2, -0.15) is 9.49 Å². The van der Waals surface area contributed by atoms with Crippen LogP contribution in [0.2, 0.25) is 0 Å². The minimum atomic E-state index is -1.61. The minimum Gasteiger partial charge on any atom is -0.367 e. The Hall–Kier alpha value is -2.97. The smallest absolute Gasteiger partial charge is 0.260 e. The number of hydrogen-bond donors (Lipinski definition) is 1. The SMILES string of the molecule is Cn1ncc(-c2cc3c(N4CC5CCC(C4)N5C(=O)C4(F)CC4)ccnc3[nH]2)c1F. The number of aryl methyl sites for hydroxylation is 1. The van der Waals surface area contributed by atoms with Crippen LogP contribution in [0.15, 0.2) is 24.5 Å². The van der Waals surface area contributed by atoms with E-state index in [9.17, 15) is 13.6 Å². The molecule has 7 nitrogen and oxygen atoms in total. The van der Waals surface area contributed by atoms with E-state index >= 15 is 0 Å². The number of anilines is 1. The lowest BCUT2D eigenvalue weighted by atomic mass is 10.1. The summed E-state index contributed by atoms with van der Waals surface area (Å²) in [5.74, 6) is -0.723. The second-order valence-electron chi connectivity index (χ2n) is 8.72. The quantitative estimate of drug-likeness (QED) is 0.718. The molecule has 0 aromatic carbocycles. The van der Waals surface area contributed by atoms with Crippen LogP contribution >= 0.6 is 0 Å². The number of hydrogen-bond acceptors (Lipinski definition) is 4. The van der Waals surface area contributed by atoms with Gasteiger partial charge in [-0.1, -0.05) is 0 Å². The number of H-pyrrole nitrogens is 1. The fourth-order valence-electron chi connectivity index (χ4n) is 5.02. The first-order valence-corrected chi connectivity index (χ1v) is 10.4. The van der Waals surface area contributed by atoms with Crippen molar-refractivity contribution in [2.45, 2.75) is 43.4 Å². The summed E-state index contributed by atoms with van der Waals surface area (Å²) in [7, 11) is 1.56. The zero-order valence-corrected chi connectivity index (χ0v) is 16.6. The van der Waals surface area contributed by atoms with Crippen LogP contribution in [-0.2, 0) is 11.8 Å². The molecule has 5 heterocycles. The van der Waals surface area contributed by atoms with Crippen LogP contribution in [0.1, 0.15) is 25.7 Å². The lowest BCUT2D eigenvalue weighted by molar-refractivity contribution is -0.141. The number of nitrogens with one attached hydrogen (secondary N) is 1. The first kappa shape index (κ1) is 17.9. The Morgan fingerprint density at radius 1 is 1.27 bits per heavy atom. The van der Waals surface area contributed by atoms with Crippen LogP contribution < -0.4 is 4.90 Å². The van der Waals surface area contributed by atoms with E-state index in [2.05, 4.69) is 20.0 Å². The highest BCUT2D eigenvalue weighted by Gasteiger charge is 2.57. The van der Waals surface area contributed by atoms with Crippen LogP contribution in [0.3, 0.4) is 0 Å². The summed E-state index contributed by atoms with van der Waals surface area (Å²) >= 11 is 0. The fraction of sp³-hybridized carbons (Fsp3) is 0.476. The molecule has 30 heavy (non-hydrogen) atoms. The summed E-state index contributed by atoms with van der Waals surface area (Å²) in [6, 6.07) is 3.91.